The minimum absolute atomic E-state index is 0.0455. The Hall–Kier alpha value is -1.81. The lowest BCUT2D eigenvalue weighted by Crippen LogP contribution is -2.38. The quantitative estimate of drug-likeness (QED) is 0.907. The standard InChI is InChI=1S/C16H15BrN2O/c17-13-7-5-11(6-8-13)10-18-16(20)15-9-12-3-1-2-4-14(12)19-15/h1-8,15,19H,9-10H2,(H,18,20). The Kier molecular flexibility index (Phi) is 3.74. The monoisotopic (exact) mass is 330 g/mol. The van der Waals surface area contributed by atoms with Gasteiger partial charge in [0.15, 0.2) is 0 Å². The molecule has 3 nitrogen and oxygen atoms in total. The van der Waals surface area contributed by atoms with E-state index in [9.17, 15) is 4.79 Å². The van der Waals surface area contributed by atoms with Crippen molar-refractivity contribution < 1.29 is 4.79 Å². The van der Waals surface area contributed by atoms with Gasteiger partial charge in [-0.05, 0) is 29.3 Å². The zero-order valence-corrected chi connectivity index (χ0v) is 12.5. The smallest absolute Gasteiger partial charge is 0.243 e. The summed E-state index contributed by atoms with van der Waals surface area (Å²) in [7, 11) is 0. The molecule has 2 N–H and O–H groups in total. The number of amides is 1. The van der Waals surface area contributed by atoms with Crippen LogP contribution in [-0.4, -0.2) is 11.9 Å². The molecule has 2 aromatic rings. The van der Waals surface area contributed by atoms with E-state index in [2.05, 4.69) is 32.6 Å². The largest absolute Gasteiger partial charge is 0.373 e. The molecule has 3 rings (SSSR count). The molecule has 0 bridgehead atoms. The average molecular weight is 331 g/mol. The number of carbonyl (C=O) groups is 1. The van der Waals surface area contributed by atoms with Crippen LogP contribution in [0.15, 0.2) is 53.0 Å². The number of para-hydroxylation sites is 1. The van der Waals surface area contributed by atoms with Crippen LogP contribution in [0.2, 0.25) is 0 Å². The van der Waals surface area contributed by atoms with Gasteiger partial charge in [-0.3, -0.25) is 4.79 Å². The van der Waals surface area contributed by atoms with Crippen molar-refractivity contribution in [1.29, 1.82) is 0 Å². The molecule has 0 aromatic heterocycles. The van der Waals surface area contributed by atoms with Gasteiger partial charge in [0.25, 0.3) is 0 Å². The van der Waals surface area contributed by atoms with Gasteiger partial charge in [0.2, 0.25) is 5.91 Å². The van der Waals surface area contributed by atoms with Crippen LogP contribution in [0, 0.1) is 0 Å². The number of carbonyl (C=O) groups excluding carboxylic acids is 1. The summed E-state index contributed by atoms with van der Waals surface area (Å²) in [6.45, 7) is 0.556. The van der Waals surface area contributed by atoms with Crippen molar-refractivity contribution in [2.75, 3.05) is 5.32 Å². The topological polar surface area (TPSA) is 41.1 Å². The second-order valence-electron chi connectivity index (χ2n) is 4.90. The first kappa shape index (κ1) is 13.2. The van der Waals surface area contributed by atoms with Gasteiger partial charge in [-0.1, -0.05) is 46.3 Å². The molecule has 2 aromatic carbocycles. The highest BCUT2D eigenvalue weighted by Gasteiger charge is 2.25. The molecule has 1 atom stereocenters. The Bertz CT molecular complexity index is 600. The molecule has 1 aliphatic rings. The average Bonchev–Trinajstić information content (AvgIpc) is 2.90. The molecule has 0 saturated carbocycles. The first-order chi connectivity index (χ1) is 9.72. The maximum absolute atomic E-state index is 12.2. The van der Waals surface area contributed by atoms with Crippen molar-refractivity contribution in [3.63, 3.8) is 0 Å². The Morgan fingerprint density at radius 1 is 1.20 bits per heavy atom. The molecule has 1 amide bonds. The van der Waals surface area contributed by atoms with Crippen molar-refractivity contribution in [1.82, 2.24) is 5.32 Å². The first-order valence-electron chi connectivity index (χ1n) is 6.59. The number of hydrogen-bond donors (Lipinski definition) is 2. The SMILES string of the molecule is O=C(NCc1ccc(Br)cc1)C1Cc2ccccc2N1. The summed E-state index contributed by atoms with van der Waals surface area (Å²) in [6, 6.07) is 15.8. The van der Waals surface area contributed by atoms with Gasteiger partial charge in [0, 0.05) is 23.1 Å². The number of hydrogen-bond acceptors (Lipinski definition) is 2. The lowest BCUT2D eigenvalue weighted by atomic mass is 10.1. The van der Waals surface area contributed by atoms with Gasteiger partial charge in [-0.25, -0.2) is 0 Å². The van der Waals surface area contributed by atoms with E-state index >= 15 is 0 Å². The van der Waals surface area contributed by atoms with Crippen molar-refractivity contribution in [2.45, 2.75) is 19.0 Å². The minimum Gasteiger partial charge on any atom is -0.373 e. The highest BCUT2D eigenvalue weighted by molar-refractivity contribution is 9.10. The first-order valence-corrected chi connectivity index (χ1v) is 7.38. The number of benzene rings is 2. The van der Waals surface area contributed by atoms with Crippen molar-refractivity contribution in [3.05, 3.63) is 64.1 Å². The third-order valence-electron chi connectivity index (χ3n) is 3.47. The Morgan fingerprint density at radius 2 is 1.95 bits per heavy atom. The normalized spacial score (nSPS) is 16.4. The van der Waals surface area contributed by atoms with Crippen LogP contribution in [0.4, 0.5) is 5.69 Å². The third kappa shape index (κ3) is 2.85. The summed E-state index contributed by atoms with van der Waals surface area (Å²) in [5.74, 6) is 0.0455. The van der Waals surface area contributed by atoms with Gasteiger partial charge < -0.3 is 10.6 Å². The van der Waals surface area contributed by atoms with E-state index < -0.39 is 0 Å². The number of halogens is 1. The fraction of sp³-hybridized carbons (Fsp3) is 0.188. The van der Waals surface area contributed by atoms with Gasteiger partial charge in [0.05, 0.1) is 0 Å². The molecule has 0 saturated heterocycles. The highest BCUT2D eigenvalue weighted by atomic mass is 79.9. The predicted octanol–water partition coefficient (Wildman–Crippen LogP) is 3.10. The lowest BCUT2D eigenvalue weighted by molar-refractivity contribution is -0.121. The van der Waals surface area contributed by atoms with E-state index in [0.717, 1.165) is 22.1 Å². The van der Waals surface area contributed by atoms with Gasteiger partial charge in [-0.15, -0.1) is 0 Å². The number of rotatable bonds is 3. The molecular formula is C16H15BrN2O. The summed E-state index contributed by atoms with van der Waals surface area (Å²) in [4.78, 5) is 12.2. The lowest BCUT2D eigenvalue weighted by Gasteiger charge is -2.12. The second kappa shape index (κ2) is 5.67. The second-order valence-corrected chi connectivity index (χ2v) is 5.82. The van der Waals surface area contributed by atoms with Crippen molar-refractivity contribution in [3.8, 4) is 0 Å². The van der Waals surface area contributed by atoms with Crippen LogP contribution in [0.1, 0.15) is 11.1 Å². The Balaban J connectivity index is 1.57. The zero-order chi connectivity index (χ0) is 13.9. The molecule has 102 valence electrons. The summed E-state index contributed by atoms with van der Waals surface area (Å²) in [5, 5.41) is 6.24. The summed E-state index contributed by atoms with van der Waals surface area (Å²) < 4.78 is 1.04. The van der Waals surface area contributed by atoms with E-state index in [1.54, 1.807) is 0 Å². The zero-order valence-electron chi connectivity index (χ0n) is 10.9. The molecule has 1 aliphatic heterocycles. The van der Waals surface area contributed by atoms with Crippen LogP contribution in [0.5, 0.6) is 0 Å². The third-order valence-corrected chi connectivity index (χ3v) is 4.00. The van der Waals surface area contributed by atoms with Crippen LogP contribution in [-0.2, 0) is 17.8 Å². The van der Waals surface area contributed by atoms with Crippen molar-refractivity contribution >= 4 is 27.5 Å². The predicted molar refractivity (Wildman–Crippen MR) is 83.5 cm³/mol. The molecule has 0 fully saturated rings. The molecule has 0 spiro atoms. The van der Waals surface area contributed by atoms with E-state index in [4.69, 9.17) is 0 Å². The molecule has 0 aliphatic carbocycles. The summed E-state index contributed by atoms with van der Waals surface area (Å²) in [5.41, 5.74) is 3.37. The molecule has 1 unspecified atom stereocenters. The maximum atomic E-state index is 12.2. The van der Waals surface area contributed by atoms with E-state index in [-0.39, 0.29) is 11.9 Å². The van der Waals surface area contributed by atoms with E-state index in [1.165, 1.54) is 5.56 Å². The van der Waals surface area contributed by atoms with Crippen LogP contribution in [0.25, 0.3) is 0 Å². The van der Waals surface area contributed by atoms with Crippen LogP contribution < -0.4 is 10.6 Å². The molecule has 4 heteroatoms. The number of fused-ring (bicyclic) bond motifs is 1. The fourth-order valence-electron chi connectivity index (χ4n) is 2.37. The Morgan fingerprint density at radius 3 is 2.70 bits per heavy atom. The molecule has 20 heavy (non-hydrogen) atoms. The highest BCUT2D eigenvalue weighted by Crippen LogP contribution is 2.25. The maximum Gasteiger partial charge on any atom is 0.243 e. The van der Waals surface area contributed by atoms with E-state index in [1.807, 2.05) is 42.5 Å². The number of anilines is 1. The molecule has 1 heterocycles. The molecule has 0 radical (unpaired) electrons. The van der Waals surface area contributed by atoms with Crippen molar-refractivity contribution in [2.24, 2.45) is 0 Å². The summed E-state index contributed by atoms with van der Waals surface area (Å²) in [6.07, 6.45) is 0.752. The number of nitrogens with one attached hydrogen (secondary N) is 2. The minimum atomic E-state index is -0.164. The summed E-state index contributed by atoms with van der Waals surface area (Å²) >= 11 is 3.40. The Labute approximate surface area is 126 Å². The van der Waals surface area contributed by atoms with Gasteiger partial charge in [0.1, 0.15) is 6.04 Å². The van der Waals surface area contributed by atoms with E-state index in [0.29, 0.717) is 6.54 Å². The van der Waals surface area contributed by atoms with Crippen LogP contribution >= 0.6 is 15.9 Å². The van der Waals surface area contributed by atoms with Crippen LogP contribution in [0.3, 0.4) is 0 Å². The van der Waals surface area contributed by atoms with Gasteiger partial charge in [-0.2, -0.15) is 0 Å². The fourth-order valence-corrected chi connectivity index (χ4v) is 2.63. The molecular weight excluding hydrogens is 316 g/mol. The van der Waals surface area contributed by atoms with Gasteiger partial charge >= 0.3 is 0 Å².